The van der Waals surface area contributed by atoms with Crippen molar-refractivity contribution in [2.45, 2.75) is 39.0 Å². The van der Waals surface area contributed by atoms with Gasteiger partial charge in [0.05, 0.1) is 5.41 Å². The smallest absolute Gasteiger partial charge is 0.407 e. The summed E-state index contributed by atoms with van der Waals surface area (Å²) < 4.78 is 5.52. The molecule has 1 heterocycles. The van der Waals surface area contributed by atoms with Crippen molar-refractivity contribution in [3.8, 4) is 11.1 Å². The number of rotatable bonds is 8. The number of carboxylic acids is 1. The van der Waals surface area contributed by atoms with Crippen LogP contribution in [0.15, 0.2) is 48.5 Å². The molecule has 0 spiro atoms. The zero-order valence-corrected chi connectivity index (χ0v) is 19.8. The van der Waals surface area contributed by atoms with E-state index in [-0.39, 0.29) is 30.9 Å². The van der Waals surface area contributed by atoms with Crippen molar-refractivity contribution < 1.29 is 24.2 Å². The van der Waals surface area contributed by atoms with Crippen molar-refractivity contribution in [3.63, 3.8) is 0 Å². The van der Waals surface area contributed by atoms with Gasteiger partial charge in [-0.05, 0) is 47.9 Å². The first-order valence-corrected chi connectivity index (χ1v) is 11.9. The number of hydrogen-bond acceptors (Lipinski definition) is 4. The molecule has 2 aromatic carbocycles. The molecule has 1 aliphatic carbocycles. The molecular formula is C27H32N2O5. The summed E-state index contributed by atoms with van der Waals surface area (Å²) in [6.45, 7) is 4.99. The van der Waals surface area contributed by atoms with Gasteiger partial charge in [0.2, 0.25) is 5.91 Å². The average molecular weight is 465 g/mol. The van der Waals surface area contributed by atoms with E-state index in [1.165, 1.54) is 22.3 Å². The Bertz CT molecular complexity index is 1040. The molecular weight excluding hydrogens is 432 g/mol. The van der Waals surface area contributed by atoms with E-state index in [9.17, 15) is 19.5 Å². The molecule has 2 atom stereocenters. The van der Waals surface area contributed by atoms with Crippen LogP contribution in [0, 0.1) is 11.3 Å². The highest BCUT2D eigenvalue weighted by Crippen LogP contribution is 2.44. The minimum absolute atomic E-state index is 0.0233. The van der Waals surface area contributed by atoms with E-state index in [1.54, 1.807) is 11.8 Å². The molecule has 1 aliphatic heterocycles. The molecule has 0 bridgehead atoms. The quantitative estimate of drug-likeness (QED) is 0.569. The molecule has 2 aliphatic rings. The van der Waals surface area contributed by atoms with E-state index in [0.29, 0.717) is 32.4 Å². The summed E-state index contributed by atoms with van der Waals surface area (Å²) in [6, 6.07) is 16.4. The standard InChI is InChI=1S/C27H32N2O5/c1-18-15-29(17-27(18,2)25(31)32)24(30)13-7-8-14-28-26(33)34-16-23-21-11-5-3-9-19(21)20-10-4-6-12-22(20)23/h3-6,9-12,18,23H,7-8,13-17H2,1-2H3,(H,28,33)(H,31,32). The number of carbonyl (C=O) groups is 3. The molecule has 0 saturated carbocycles. The number of nitrogens with one attached hydrogen (secondary N) is 1. The van der Waals surface area contributed by atoms with E-state index < -0.39 is 17.5 Å². The Balaban J connectivity index is 1.18. The van der Waals surface area contributed by atoms with Gasteiger partial charge >= 0.3 is 12.1 Å². The van der Waals surface area contributed by atoms with Crippen molar-refractivity contribution in [1.29, 1.82) is 0 Å². The first kappa shape index (κ1) is 23.8. The Hall–Kier alpha value is -3.35. The highest BCUT2D eigenvalue weighted by atomic mass is 16.5. The maximum absolute atomic E-state index is 12.5. The predicted octanol–water partition coefficient (Wildman–Crippen LogP) is 4.26. The van der Waals surface area contributed by atoms with Gasteiger partial charge in [0, 0.05) is 32.0 Å². The van der Waals surface area contributed by atoms with E-state index in [0.717, 1.165) is 0 Å². The van der Waals surface area contributed by atoms with Gasteiger partial charge in [-0.15, -0.1) is 0 Å². The number of carboxylic acid groups (broad SMARTS) is 1. The number of hydrogen-bond donors (Lipinski definition) is 2. The van der Waals surface area contributed by atoms with Gasteiger partial charge in [-0.2, -0.15) is 0 Å². The number of carbonyl (C=O) groups excluding carboxylic acids is 2. The largest absolute Gasteiger partial charge is 0.481 e. The molecule has 1 fully saturated rings. The minimum atomic E-state index is -0.888. The third-order valence-electron chi connectivity index (χ3n) is 7.37. The van der Waals surface area contributed by atoms with Crippen molar-refractivity contribution in [2.75, 3.05) is 26.2 Å². The molecule has 34 heavy (non-hydrogen) atoms. The molecule has 4 rings (SSSR count). The first-order chi connectivity index (χ1) is 16.3. The summed E-state index contributed by atoms with van der Waals surface area (Å²) in [5.41, 5.74) is 3.83. The summed E-state index contributed by atoms with van der Waals surface area (Å²) in [5, 5.41) is 12.2. The lowest BCUT2D eigenvalue weighted by Crippen LogP contribution is -2.36. The monoisotopic (exact) mass is 464 g/mol. The van der Waals surface area contributed by atoms with Gasteiger partial charge < -0.3 is 20.1 Å². The number of ether oxygens (including phenoxy) is 1. The summed E-state index contributed by atoms with van der Waals surface area (Å²) in [6.07, 6.45) is 1.15. The molecule has 7 heteroatoms. The zero-order valence-electron chi connectivity index (χ0n) is 19.8. The summed E-state index contributed by atoms with van der Waals surface area (Å²) >= 11 is 0. The predicted molar refractivity (Wildman–Crippen MR) is 128 cm³/mol. The highest BCUT2D eigenvalue weighted by Gasteiger charge is 2.47. The lowest BCUT2D eigenvalue weighted by molar-refractivity contribution is -0.149. The Labute approximate surface area is 200 Å². The second-order valence-corrected chi connectivity index (χ2v) is 9.61. The minimum Gasteiger partial charge on any atom is -0.481 e. The Morgan fingerprint density at radius 2 is 1.68 bits per heavy atom. The van der Waals surface area contributed by atoms with Crippen LogP contribution in [0.5, 0.6) is 0 Å². The molecule has 2 amide bonds. The van der Waals surface area contributed by atoms with Gasteiger partial charge in [-0.25, -0.2) is 4.79 Å². The average Bonchev–Trinajstić information content (AvgIpc) is 3.32. The molecule has 0 aromatic heterocycles. The normalized spacial score (nSPS) is 21.1. The van der Waals surface area contributed by atoms with Crippen LogP contribution in [0.25, 0.3) is 11.1 Å². The second-order valence-electron chi connectivity index (χ2n) is 9.61. The second kappa shape index (κ2) is 9.87. The van der Waals surface area contributed by atoms with Gasteiger partial charge in [-0.1, -0.05) is 55.5 Å². The third kappa shape index (κ3) is 4.65. The lowest BCUT2D eigenvalue weighted by Gasteiger charge is -2.22. The van der Waals surface area contributed by atoms with E-state index >= 15 is 0 Å². The number of likely N-dealkylation sites (tertiary alicyclic amines) is 1. The Morgan fingerprint density at radius 1 is 1.06 bits per heavy atom. The summed E-state index contributed by atoms with van der Waals surface area (Å²) in [7, 11) is 0. The number of unbranched alkanes of at least 4 members (excludes halogenated alkanes) is 1. The number of fused-ring (bicyclic) bond motifs is 3. The number of nitrogens with zero attached hydrogens (tertiary/aromatic N) is 1. The van der Waals surface area contributed by atoms with Gasteiger partial charge in [-0.3, -0.25) is 9.59 Å². The van der Waals surface area contributed by atoms with Gasteiger partial charge in [0.15, 0.2) is 0 Å². The lowest BCUT2D eigenvalue weighted by atomic mass is 9.81. The molecule has 2 aromatic rings. The highest BCUT2D eigenvalue weighted by molar-refractivity contribution is 5.81. The molecule has 2 unspecified atom stereocenters. The number of amides is 2. The summed E-state index contributed by atoms with van der Waals surface area (Å²) in [4.78, 5) is 37.9. The van der Waals surface area contributed by atoms with Crippen LogP contribution in [-0.2, 0) is 14.3 Å². The Morgan fingerprint density at radius 3 is 2.26 bits per heavy atom. The topological polar surface area (TPSA) is 95.9 Å². The van der Waals surface area contributed by atoms with Gasteiger partial charge in [0.25, 0.3) is 0 Å². The number of aliphatic carboxylic acids is 1. The van der Waals surface area contributed by atoms with E-state index in [4.69, 9.17) is 4.74 Å². The van der Waals surface area contributed by atoms with Crippen LogP contribution in [0.1, 0.15) is 50.2 Å². The van der Waals surface area contributed by atoms with Crippen molar-refractivity contribution in [2.24, 2.45) is 11.3 Å². The molecule has 0 radical (unpaired) electrons. The van der Waals surface area contributed by atoms with Gasteiger partial charge in [0.1, 0.15) is 6.61 Å². The van der Waals surface area contributed by atoms with Crippen LogP contribution in [0.4, 0.5) is 4.79 Å². The van der Waals surface area contributed by atoms with Crippen molar-refractivity contribution in [1.82, 2.24) is 10.2 Å². The molecule has 2 N–H and O–H groups in total. The van der Waals surface area contributed by atoms with Crippen molar-refractivity contribution in [3.05, 3.63) is 59.7 Å². The third-order valence-corrected chi connectivity index (χ3v) is 7.37. The SMILES string of the molecule is CC1CN(C(=O)CCCCNC(=O)OCC2c3ccccc3-c3ccccc32)CC1(C)C(=O)O. The van der Waals surface area contributed by atoms with Crippen LogP contribution < -0.4 is 5.32 Å². The Kier molecular flexibility index (Phi) is 6.91. The van der Waals surface area contributed by atoms with E-state index in [2.05, 4.69) is 29.6 Å². The van der Waals surface area contributed by atoms with Crippen LogP contribution >= 0.6 is 0 Å². The molecule has 7 nitrogen and oxygen atoms in total. The fourth-order valence-corrected chi connectivity index (χ4v) is 5.02. The number of benzene rings is 2. The maximum atomic E-state index is 12.5. The van der Waals surface area contributed by atoms with E-state index in [1.807, 2.05) is 31.2 Å². The zero-order chi connectivity index (χ0) is 24.3. The fourth-order valence-electron chi connectivity index (χ4n) is 5.02. The van der Waals surface area contributed by atoms with Crippen molar-refractivity contribution >= 4 is 18.0 Å². The number of alkyl carbamates (subject to hydrolysis) is 1. The first-order valence-electron chi connectivity index (χ1n) is 11.9. The maximum Gasteiger partial charge on any atom is 0.407 e. The van der Waals surface area contributed by atoms with Crippen LogP contribution in [0.3, 0.4) is 0 Å². The molecule has 180 valence electrons. The summed E-state index contributed by atoms with van der Waals surface area (Å²) in [5.74, 6) is -0.945. The van der Waals surface area contributed by atoms with Crippen LogP contribution in [0.2, 0.25) is 0 Å². The molecule has 1 saturated heterocycles. The fraction of sp³-hybridized carbons (Fsp3) is 0.444. The van der Waals surface area contributed by atoms with Crippen LogP contribution in [-0.4, -0.2) is 54.2 Å².